The number of ketones is 1. The third kappa shape index (κ3) is 38.5. The fourth-order valence-corrected chi connectivity index (χ4v) is 0.696. The van der Waals surface area contributed by atoms with Crippen molar-refractivity contribution < 1.29 is 39.6 Å². The number of rotatable bonds is 3. The molecule has 8 heteroatoms. The number of carboxylic acids is 3. The first-order valence-corrected chi connectivity index (χ1v) is 7.74. The van der Waals surface area contributed by atoms with Gasteiger partial charge in [0.2, 0.25) is 0 Å². The highest BCUT2D eigenvalue weighted by Crippen LogP contribution is 2.01. The van der Waals surface area contributed by atoms with Crippen molar-refractivity contribution in [2.45, 2.75) is 54.6 Å². The second-order valence-corrected chi connectivity index (χ2v) is 4.72. The molecule has 0 aromatic heterocycles. The van der Waals surface area contributed by atoms with Gasteiger partial charge in [0.25, 0.3) is 5.97 Å². The molecule has 0 saturated heterocycles. The smallest absolute Gasteiger partial charge is 0.335 e. The molecule has 0 heterocycles. The van der Waals surface area contributed by atoms with Crippen LogP contribution < -0.4 is 0 Å². The molecule has 28 heavy (non-hydrogen) atoms. The van der Waals surface area contributed by atoms with Gasteiger partial charge in [-0.2, -0.15) is 0 Å². The van der Waals surface area contributed by atoms with Crippen molar-refractivity contribution in [3.05, 3.63) is 48.6 Å². The summed E-state index contributed by atoms with van der Waals surface area (Å²) in [6.45, 7) is 13.4. The quantitative estimate of drug-likeness (QED) is 0.560. The van der Waals surface area contributed by atoms with E-state index in [1.165, 1.54) is 13.8 Å². The zero-order chi connectivity index (χ0) is 22.6. The highest BCUT2D eigenvalue weighted by Gasteiger charge is 1.98. The molecule has 0 spiro atoms. The van der Waals surface area contributed by atoms with E-state index in [-0.39, 0.29) is 19.6 Å². The molecule has 1 aromatic rings. The van der Waals surface area contributed by atoms with Crippen molar-refractivity contribution >= 4 is 23.7 Å². The Morgan fingerprint density at radius 2 is 1.21 bits per heavy atom. The molecule has 0 amide bonds. The normalized spacial score (nSPS) is 8.64. The minimum atomic E-state index is -0.875. The van der Waals surface area contributed by atoms with Crippen LogP contribution in [0.2, 0.25) is 0 Å². The number of benzene rings is 1. The highest BCUT2D eigenvalue weighted by atomic mass is 16.4. The third-order valence-electron chi connectivity index (χ3n) is 2.19. The molecule has 1 atom stereocenters. The molecule has 8 nitrogen and oxygen atoms in total. The Morgan fingerprint density at radius 1 is 0.964 bits per heavy atom. The van der Waals surface area contributed by atoms with E-state index in [4.69, 9.17) is 25.2 Å². The Kier molecular flexibility index (Phi) is 30.9. The number of carbonyl (C=O) groups excluding carboxylic acids is 1. The first kappa shape index (κ1) is 36.0. The van der Waals surface area contributed by atoms with Gasteiger partial charge in [-0.1, -0.05) is 32.0 Å². The standard InChI is InChI=1S/C8H8O2.C4H8O2.C3H6O2.C2H4O2.C2H4.CH4/c1-6-2-4-7(5-3-6)8(9)10;1-3(5)4(2)6;1-2-3(4)5;1-2(3)4;1-2;/h2-5H,1H3,(H,9,10);3,5H,1-2H3;2H2,1H3,(H,4,5);1H3,(H,3,4);1-2H2;1H4. The van der Waals surface area contributed by atoms with Gasteiger partial charge in [0, 0.05) is 13.3 Å². The number of hydrogen-bond donors (Lipinski definition) is 4. The average molecular weight is 402 g/mol. The molecule has 162 valence electrons. The number of aryl methyl sites for hydroxylation is 1. The summed E-state index contributed by atoms with van der Waals surface area (Å²) in [4.78, 5) is 38.6. The van der Waals surface area contributed by atoms with Crippen molar-refractivity contribution in [1.82, 2.24) is 0 Å². The van der Waals surface area contributed by atoms with E-state index in [2.05, 4.69) is 13.2 Å². The van der Waals surface area contributed by atoms with E-state index < -0.39 is 24.0 Å². The van der Waals surface area contributed by atoms with E-state index in [0.717, 1.165) is 12.5 Å². The van der Waals surface area contributed by atoms with Crippen LogP contribution in [0.3, 0.4) is 0 Å². The minimum absolute atomic E-state index is 0. The highest BCUT2D eigenvalue weighted by molar-refractivity contribution is 5.87. The van der Waals surface area contributed by atoms with Crippen molar-refractivity contribution in [1.29, 1.82) is 0 Å². The number of hydrogen-bond acceptors (Lipinski definition) is 5. The van der Waals surface area contributed by atoms with Crippen molar-refractivity contribution in [2.24, 2.45) is 0 Å². The van der Waals surface area contributed by atoms with E-state index in [0.29, 0.717) is 5.56 Å². The van der Waals surface area contributed by atoms with Crippen LogP contribution in [-0.2, 0) is 14.4 Å². The van der Waals surface area contributed by atoms with Crippen LogP contribution in [0.15, 0.2) is 37.4 Å². The zero-order valence-electron chi connectivity index (χ0n) is 16.4. The van der Waals surface area contributed by atoms with E-state index >= 15 is 0 Å². The first-order valence-electron chi connectivity index (χ1n) is 7.74. The third-order valence-corrected chi connectivity index (χ3v) is 2.19. The number of aliphatic carboxylic acids is 2. The predicted octanol–water partition coefficient (Wildman–Crippen LogP) is 3.66. The Balaban J connectivity index is -0.0000000859. The first-order chi connectivity index (χ1) is 12.3. The average Bonchev–Trinajstić information content (AvgIpc) is 2.57. The lowest BCUT2D eigenvalue weighted by molar-refractivity contribution is -0.137. The molecule has 1 aromatic carbocycles. The van der Waals surface area contributed by atoms with Crippen molar-refractivity contribution in [2.75, 3.05) is 0 Å². The van der Waals surface area contributed by atoms with Gasteiger partial charge >= 0.3 is 11.9 Å². The van der Waals surface area contributed by atoms with Crippen molar-refractivity contribution in [3.8, 4) is 0 Å². The maximum atomic E-state index is 10.3. The van der Waals surface area contributed by atoms with Crippen LogP contribution in [0.4, 0.5) is 0 Å². The molecule has 1 unspecified atom stereocenters. The lowest BCUT2D eigenvalue weighted by atomic mass is 10.2. The number of aliphatic hydroxyl groups is 1. The van der Waals surface area contributed by atoms with Gasteiger partial charge in [-0.05, 0) is 32.9 Å². The number of carboxylic acid groups (broad SMARTS) is 3. The molecule has 0 aliphatic heterocycles. The summed E-state index contributed by atoms with van der Waals surface area (Å²) >= 11 is 0. The molecule has 0 bridgehead atoms. The Labute approximate surface area is 167 Å². The Bertz CT molecular complexity index is 544. The second-order valence-electron chi connectivity index (χ2n) is 4.72. The summed E-state index contributed by atoms with van der Waals surface area (Å²) in [6.07, 6.45) is -0.565. The molecule has 0 aliphatic carbocycles. The molecule has 0 saturated carbocycles. The van der Waals surface area contributed by atoms with E-state index in [1.54, 1.807) is 31.2 Å². The summed E-state index contributed by atoms with van der Waals surface area (Å²) in [5, 5.41) is 31.9. The number of Topliss-reactive ketones (excluding diaryl/α,β-unsaturated/α-hetero) is 1. The summed E-state index contributed by atoms with van der Waals surface area (Å²) in [7, 11) is 0. The summed E-state index contributed by atoms with van der Waals surface area (Å²) in [5.74, 6) is -2.64. The predicted molar refractivity (Wildman–Crippen MR) is 110 cm³/mol. The molecule has 0 aliphatic rings. The van der Waals surface area contributed by atoms with Crippen LogP contribution >= 0.6 is 0 Å². The molecule has 4 N–H and O–H groups in total. The number of aromatic carboxylic acids is 1. The molecule has 0 fully saturated rings. The number of aliphatic hydroxyl groups excluding tert-OH is 1. The molecule has 0 radical (unpaired) electrons. The maximum absolute atomic E-state index is 10.3. The van der Waals surface area contributed by atoms with Crippen LogP contribution in [0.5, 0.6) is 0 Å². The van der Waals surface area contributed by atoms with E-state index in [1.807, 2.05) is 6.92 Å². The second kappa shape index (κ2) is 24.0. The monoisotopic (exact) mass is 402 g/mol. The van der Waals surface area contributed by atoms with Gasteiger partial charge in [-0.15, -0.1) is 13.2 Å². The topological polar surface area (TPSA) is 149 Å². The van der Waals surface area contributed by atoms with Gasteiger partial charge in [0.15, 0.2) is 5.78 Å². The van der Waals surface area contributed by atoms with Crippen LogP contribution in [0, 0.1) is 6.92 Å². The zero-order valence-corrected chi connectivity index (χ0v) is 16.4. The lowest BCUT2D eigenvalue weighted by Crippen LogP contribution is -2.10. The van der Waals surface area contributed by atoms with Gasteiger partial charge < -0.3 is 20.4 Å². The molecular formula is C20H34O8. The lowest BCUT2D eigenvalue weighted by Gasteiger charge is -1.92. The number of carbonyl (C=O) groups is 4. The molecule has 1 rings (SSSR count). The Hall–Kier alpha value is -3.00. The summed E-state index contributed by atoms with van der Waals surface area (Å²) in [5.41, 5.74) is 1.41. The fourth-order valence-electron chi connectivity index (χ4n) is 0.696. The summed E-state index contributed by atoms with van der Waals surface area (Å²) < 4.78 is 0. The Morgan fingerprint density at radius 3 is 1.36 bits per heavy atom. The van der Waals surface area contributed by atoms with Gasteiger partial charge in [-0.3, -0.25) is 14.4 Å². The van der Waals surface area contributed by atoms with Crippen LogP contribution in [0.25, 0.3) is 0 Å². The molecular weight excluding hydrogens is 368 g/mol. The van der Waals surface area contributed by atoms with Crippen LogP contribution in [-0.4, -0.2) is 50.2 Å². The van der Waals surface area contributed by atoms with Gasteiger partial charge in [0.1, 0.15) is 6.10 Å². The van der Waals surface area contributed by atoms with Gasteiger partial charge in [0.05, 0.1) is 5.56 Å². The summed E-state index contributed by atoms with van der Waals surface area (Å²) in [6, 6.07) is 6.75. The fraction of sp³-hybridized carbons (Fsp3) is 0.400. The van der Waals surface area contributed by atoms with Crippen molar-refractivity contribution in [3.63, 3.8) is 0 Å². The van der Waals surface area contributed by atoms with Crippen LogP contribution in [0.1, 0.15) is 57.5 Å². The van der Waals surface area contributed by atoms with E-state index in [9.17, 15) is 14.4 Å². The SMILES string of the molecule is C.C=C.CC(=O)C(C)O.CC(=O)O.CCC(=O)O.Cc1ccc(C(=O)O)cc1. The van der Waals surface area contributed by atoms with Gasteiger partial charge in [-0.25, -0.2) is 4.79 Å². The maximum Gasteiger partial charge on any atom is 0.335 e. The minimum Gasteiger partial charge on any atom is -0.481 e. The largest absolute Gasteiger partial charge is 0.481 e.